The number of rotatable bonds is 5. The molecule has 1 aromatic rings. The van der Waals surface area contributed by atoms with Gasteiger partial charge >= 0.3 is 0 Å². The maximum absolute atomic E-state index is 5.83. The number of anilines is 1. The van der Waals surface area contributed by atoms with Crippen molar-refractivity contribution in [2.45, 2.75) is 46.4 Å². The molecule has 1 fully saturated rings. The van der Waals surface area contributed by atoms with Crippen LogP contribution in [0.25, 0.3) is 0 Å². The van der Waals surface area contributed by atoms with Crippen molar-refractivity contribution >= 4 is 5.69 Å². The minimum Gasteiger partial charge on any atom is -0.372 e. The average molecular weight is 276 g/mol. The number of nitrogens with zero attached hydrogens (tertiary/aromatic N) is 1. The highest BCUT2D eigenvalue weighted by molar-refractivity contribution is 5.54. The Bertz CT molecular complexity index is 409. The number of hydrogen-bond acceptors (Lipinski definition) is 3. The van der Waals surface area contributed by atoms with E-state index in [1.54, 1.807) is 0 Å². The molecule has 112 valence electrons. The molecule has 3 heteroatoms. The lowest BCUT2D eigenvalue weighted by molar-refractivity contribution is -0.00526. The van der Waals surface area contributed by atoms with Crippen LogP contribution in [0, 0.1) is 5.92 Å². The Labute approximate surface area is 123 Å². The van der Waals surface area contributed by atoms with Crippen molar-refractivity contribution in [2.24, 2.45) is 5.92 Å². The Hall–Kier alpha value is -1.06. The highest BCUT2D eigenvalue weighted by Gasteiger charge is 2.23. The molecule has 0 saturated carbocycles. The number of morpholine rings is 1. The smallest absolute Gasteiger partial charge is 0.0726 e. The molecular formula is C17H28N2O. The maximum atomic E-state index is 5.83. The second-order valence-electron chi connectivity index (χ2n) is 6.32. The Morgan fingerprint density at radius 2 is 1.85 bits per heavy atom. The summed E-state index contributed by atoms with van der Waals surface area (Å²) in [6.45, 7) is 12.7. The highest BCUT2D eigenvalue weighted by atomic mass is 16.5. The Morgan fingerprint density at radius 3 is 2.50 bits per heavy atom. The van der Waals surface area contributed by atoms with Crippen molar-refractivity contribution in [2.75, 3.05) is 24.5 Å². The molecule has 2 atom stereocenters. The third-order valence-electron chi connectivity index (χ3n) is 3.62. The summed E-state index contributed by atoms with van der Waals surface area (Å²) in [4.78, 5) is 2.46. The quantitative estimate of drug-likeness (QED) is 0.894. The summed E-state index contributed by atoms with van der Waals surface area (Å²) < 4.78 is 5.83. The van der Waals surface area contributed by atoms with Gasteiger partial charge in [0.2, 0.25) is 0 Å². The zero-order chi connectivity index (χ0) is 14.5. The molecule has 2 unspecified atom stereocenters. The highest BCUT2D eigenvalue weighted by Crippen LogP contribution is 2.24. The van der Waals surface area contributed by atoms with E-state index >= 15 is 0 Å². The SMILES string of the molecule is CC(C)CNCc1ccccc1N1CC(C)OC(C)C1. The summed E-state index contributed by atoms with van der Waals surface area (Å²) in [5.74, 6) is 0.686. The molecule has 1 aliphatic heterocycles. The zero-order valence-electron chi connectivity index (χ0n) is 13.2. The lowest BCUT2D eigenvalue weighted by Gasteiger charge is -2.37. The minimum atomic E-state index is 0.301. The predicted octanol–water partition coefficient (Wildman–Crippen LogP) is 3.05. The first-order valence-corrected chi connectivity index (χ1v) is 7.75. The Morgan fingerprint density at radius 1 is 1.20 bits per heavy atom. The van der Waals surface area contributed by atoms with E-state index in [4.69, 9.17) is 4.74 Å². The van der Waals surface area contributed by atoms with Crippen molar-refractivity contribution in [3.8, 4) is 0 Å². The van der Waals surface area contributed by atoms with Gasteiger partial charge in [-0.05, 0) is 37.9 Å². The number of ether oxygens (including phenoxy) is 1. The minimum absolute atomic E-state index is 0.301. The van der Waals surface area contributed by atoms with Crippen LogP contribution in [0.15, 0.2) is 24.3 Å². The van der Waals surface area contributed by atoms with Gasteiger partial charge in [-0.1, -0.05) is 32.0 Å². The topological polar surface area (TPSA) is 24.5 Å². The average Bonchev–Trinajstić information content (AvgIpc) is 2.37. The largest absolute Gasteiger partial charge is 0.372 e. The van der Waals surface area contributed by atoms with Crippen LogP contribution in [0.1, 0.15) is 33.3 Å². The van der Waals surface area contributed by atoms with Crippen LogP contribution in [0.3, 0.4) is 0 Å². The summed E-state index contributed by atoms with van der Waals surface area (Å²) in [6, 6.07) is 8.72. The molecule has 1 heterocycles. The molecule has 1 aromatic carbocycles. The van der Waals surface area contributed by atoms with Crippen LogP contribution in [0.4, 0.5) is 5.69 Å². The zero-order valence-corrected chi connectivity index (χ0v) is 13.2. The molecule has 1 saturated heterocycles. The van der Waals surface area contributed by atoms with Crippen molar-refractivity contribution in [1.29, 1.82) is 0 Å². The van der Waals surface area contributed by atoms with Gasteiger partial charge in [-0.15, -0.1) is 0 Å². The fraction of sp³-hybridized carbons (Fsp3) is 0.647. The molecule has 0 radical (unpaired) electrons. The fourth-order valence-electron chi connectivity index (χ4n) is 2.84. The predicted molar refractivity (Wildman–Crippen MR) is 85.2 cm³/mol. The van der Waals surface area contributed by atoms with Crippen molar-refractivity contribution in [3.63, 3.8) is 0 Å². The van der Waals surface area contributed by atoms with E-state index in [-0.39, 0.29) is 0 Å². The lowest BCUT2D eigenvalue weighted by Crippen LogP contribution is -2.46. The van der Waals surface area contributed by atoms with Crippen LogP contribution >= 0.6 is 0 Å². The molecular weight excluding hydrogens is 248 g/mol. The van der Waals surface area contributed by atoms with E-state index in [1.165, 1.54) is 11.3 Å². The molecule has 0 spiro atoms. The van der Waals surface area contributed by atoms with E-state index in [0.29, 0.717) is 18.1 Å². The number of hydrogen-bond donors (Lipinski definition) is 1. The van der Waals surface area contributed by atoms with Gasteiger partial charge in [0.15, 0.2) is 0 Å². The van der Waals surface area contributed by atoms with Gasteiger partial charge in [0.25, 0.3) is 0 Å². The Balaban J connectivity index is 2.06. The summed E-state index contributed by atoms with van der Waals surface area (Å²) in [6.07, 6.45) is 0.603. The molecule has 0 amide bonds. The molecule has 20 heavy (non-hydrogen) atoms. The van der Waals surface area contributed by atoms with Crippen molar-refractivity contribution < 1.29 is 4.74 Å². The van der Waals surface area contributed by atoms with Gasteiger partial charge in [-0.2, -0.15) is 0 Å². The fourth-order valence-corrected chi connectivity index (χ4v) is 2.84. The van der Waals surface area contributed by atoms with Crippen LogP contribution in [0.5, 0.6) is 0 Å². The first kappa shape index (κ1) is 15.3. The summed E-state index contributed by atoms with van der Waals surface area (Å²) >= 11 is 0. The van der Waals surface area contributed by atoms with Gasteiger partial charge in [-0.25, -0.2) is 0 Å². The van der Waals surface area contributed by atoms with E-state index in [9.17, 15) is 0 Å². The van der Waals surface area contributed by atoms with Gasteiger partial charge < -0.3 is 15.0 Å². The van der Waals surface area contributed by atoms with Crippen LogP contribution in [-0.4, -0.2) is 31.8 Å². The summed E-state index contributed by atoms with van der Waals surface area (Å²) in [5, 5.41) is 3.55. The first-order valence-electron chi connectivity index (χ1n) is 7.75. The standard InChI is InChI=1S/C17H28N2O/c1-13(2)9-18-10-16-7-5-6-8-17(16)19-11-14(3)20-15(4)12-19/h5-8,13-15,18H,9-12H2,1-4H3. The van der Waals surface area contributed by atoms with E-state index in [2.05, 4.69) is 62.2 Å². The van der Waals surface area contributed by atoms with Gasteiger partial charge in [-0.3, -0.25) is 0 Å². The maximum Gasteiger partial charge on any atom is 0.0726 e. The normalized spacial score (nSPS) is 23.4. The summed E-state index contributed by atoms with van der Waals surface area (Å²) in [7, 11) is 0. The second kappa shape index (κ2) is 7.09. The summed E-state index contributed by atoms with van der Waals surface area (Å²) in [5.41, 5.74) is 2.74. The monoisotopic (exact) mass is 276 g/mol. The van der Waals surface area contributed by atoms with Gasteiger partial charge in [0.1, 0.15) is 0 Å². The van der Waals surface area contributed by atoms with Crippen molar-refractivity contribution in [1.82, 2.24) is 5.32 Å². The molecule has 1 aliphatic rings. The van der Waals surface area contributed by atoms with E-state index in [1.807, 2.05) is 0 Å². The third-order valence-corrected chi connectivity index (χ3v) is 3.62. The molecule has 0 aliphatic carbocycles. The molecule has 0 bridgehead atoms. The van der Waals surface area contributed by atoms with Gasteiger partial charge in [0.05, 0.1) is 12.2 Å². The molecule has 1 N–H and O–H groups in total. The van der Waals surface area contributed by atoms with Crippen molar-refractivity contribution in [3.05, 3.63) is 29.8 Å². The Kier molecular flexibility index (Phi) is 5.44. The lowest BCUT2D eigenvalue weighted by atomic mass is 10.1. The molecule has 2 rings (SSSR count). The second-order valence-corrected chi connectivity index (χ2v) is 6.32. The van der Waals surface area contributed by atoms with E-state index in [0.717, 1.165) is 26.2 Å². The number of para-hydroxylation sites is 1. The molecule has 3 nitrogen and oxygen atoms in total. The first-order chi connectivity index (χ1) is 9.56. The molecule has 0 aromatic heterocycles. The number of benzene rings is 1. The van der Waals surface area contributed by atoms with Gasteiger partial charge in [0, 0.05) is 25.3 Å². The van der Waals surface area contributed by atoms with Crippen LogP contribution in [0.2, 0.25) is 0 Å². The third kappa shape index (κ3) is 4.22. The van der Waals surface area contributed by atoms with Crippen LogP contribution < -0.4 is 10.2 Å². The van der Waals surface area contributed by atoms with E-state index < -0.39 is 0 Å². The van der Waals surface area contributed by atoms with Crippen LogP contribution in [-0.2, 0) is 11.3 Å². The number of nitrogens with one attached hydrogen (secondary N) is 1.